The van der Waals surface area contributed by atoms with E-state index in [1.165, 1.54) is 25.1 Å². The van der Waals surface area contributed by atoms with Gasteiger partial charge < -0.3 is 5.32 Å². The first-order chi connectivity index (χ1) is 9.70. The van der Waals surface area contributed by atoms with E-state index in [9.17, 15) is 23.3 Å². The zero-order valence-electron chi connectivity index (χ0n) is 11.8. The smallest absolute Gasteiger partial charge is 0.270 e. The second-order valence-electron chi connectivity index (χ2n) is 4.49. The Labute approximate surface area is 122 Å². The summed E-state index contributed by atoms with van der Waals surface area (Å²) < 4.78 is 24.1. The van der Waals surface area contributed by atoms with Gasteiger partial charge in [0, 0.05) is 36.5 Å². The molecule has 0 fully saturated rings. The molecule has 0 amide bonds. The molecular formula is C12H17N3O5S. The standard InChI is InChI=1S/C12H17N3O5S/c1-9(16)11-8-10(15(17)18)4-5-12(11)13-6-3-7-14-21(2,19)20/h4-5,8,13-14H,3,6-7H2,1-2H3. The van der Waals surface area contributed by atoms with Gasteiger partial charge in [-0.3, -0.25) is 14.9 Å². The van der Waals surface area contributed by atoms with Crippen molar-refractivity contribution in [2.45, 2.75) is 13.3 Å². The first-order valence-corrected chi connectivity index (χ1v) is 8.08. The third-order valence-corrected chi connectivity index (χ3v) is 3.36. The van der Waals surface area contributed by atoms with E-state index in [0.29, 0.717) is 18.7 Å². The van der Waals surface area contributed by atoms with Gasteiger partial charge in [0.2, 0.25) is 10.0 Å². The number of hydrogen-bond donors (Lipinski definition) is 2. The van der Waals surface area contributed by atoms with Gasteiger partial charge in [-0.2, -0.15) is 0 Å². The van der Waals surface area contributed by atoms with Crippen LogP contribution in [0.2, 0.25) is 0 Å². The third kappa shape index (κ3) is 5.88. The van der Waals surface area contributed by atoms with Crippen LogP contribution in [-0.2, 0) is 10.0 Å². The number of nitrogens with zero attached hydrogens (tertiary/aromatic N) is 1. The van der Waals surface area contributed by atoms with Crippen molar-refractivity contribution in [3.63, 3.8) is 0 Å². The maximum absolute atomic E-state index is 11.5. The largest absolute Gasteiger partial charge is 0.384 e. The summed E-state index contributed by atoms with van der Waals surface area (Å²) in [6.45, 7) is 2.03. The van der Waals surface area contributed by atoms with E-state index in [1.54, 1.807) is 0 Å². The molecule has 0 saturated carbocycles. The van der Waals surface area contributed by atoms with Crippen LogP contribution >= 0.6 is 0 Å². The molecule has 0 aliphatic rings. The van der Waals surface area contributed by atoms with Crippen molar-refractivity contribution < 1.29 is 18.1 Å². The van der Waals surface area contributed by atoms with Crippen molar-refractivity contribution in [1.82, 2.24) is 4.72 Å². The Morgan fingerprint density at radius 2 is 2.00 bits per heavy atom. The summed E-state index contributed by atoms with van der Waals surface area (Å²) in [4.78, 5) is 21.6. The highest BCUT2D eigenvalue weighted by atomic mass is 32.2. The van der Waals surface area contributed by atoms with Crippen LogP contribution in [0.3, 0.4) is 0 Å². The van der Waals surface area contributed by atoms with E-state index in [2.05, 4.69) is 10.0 Å². The zero-order chi connectivity index (χ0) is 16.0. The van der Waals surface area contributed by atoms with Crippen LogP contribution in [0.1, 0.15) is 23.7 Å². The van der Waals surface area contributed by atoms with Crippen LogP contribution in [0, 0.1) is 10.1 Å². The number of nitro groups is 1. The first kappa shape index (κ1) is 17.1. The molecule has 0 unspecified atom stereocenters. The Hall–Kier alpha value is -2.00. The van der Waals surface area contributed by atoms with Crippen LogP contribution < -0.4 is 10.0 Å². The van der Waals surface area contributed by atoms with Gasteiger partial charge in [-0.05, 0) is 19.4 Å². The minimum atomic E-state index is -3.21. The maximum atomic E-state index is 11.5. The molecular weight excluding hydrogens is 298 g/mol. The normalized spacial score (nSPS) is 11.1. The molecule has 0 aliphatic carbocycles. The van der Waals surface area contributed by atoms with Gasteiger partial charge in [0.05, 0.1) is 11.2 Å². The number of carbonyl (C=O) groups is 1. The Morgan fingerprint density at radius 3 is 2.52 bits per heavy atom. The molecule has 2 N–H and O–H groups in total. The van der Waals surface area contributed by atoms with E-state index in [-0.39, 0.29) is 23.6 Å². The number of Topliss-reactive ketones (excluding diaryl/α,β-unsaturated/α-hetero) is 1. The van der Waals surface area contributed by atoms with Crippen molar-refractivity contribution in [3.8, 4) is 0 Å². The van der Waals surface area contributed by atoms with Crippen LogP contribution in [0.25, 0.3) is 0 Å². The summed E-state index contributed by atoms with van der Waals surface area (Å²) in [6.07, 6.45) is 1.59. The fourth-order valence-electron chi connectivity index (χ4n) is 1.66. The number of sulfonamides is 1. The fourth-order valence-corrected chi connectivity index (χ4v) is 2.18. The molecule has 0 bridgehead atoms. The maximum Gasteiger partial charge on any atom is 0.270 e. The number of ketones is 1. The Kier molecular flexibility index (Phi) is 5.79. The molecule has 0 aromatic heterocycles. The first-order valence-electron chi connectivity index (χ1n) is 6.18. The molecule has 116 valence electrons. The molecule has 1 aromatic carbocycles. The topological polar surface area (TPSA) is 118 Å². The summed E-state index contributed by atoms with van der Waals surface area (Å²) in [5, 5.41) is 13.7. The molecule has 1 rings (SSSR count). The molecule has 0 saturated heterocycles. The highest BCUT2D eigenvalue weighted by Gasteiger charge is 2.13. The van der Waals surface area contributed by atoms with Crippen molar-refractivity contribution in [3.05, 3.63) is 33.9 Å². The fraction of sp³-hybridized carbons (Fsp3) is 0.417. The number of non-ortho nitro benzene ring substituents is 1. The molecule has 0 aliphatic heterocycles. The predicted molar refractivity (Wildman–Crippen MR) is 79.1 cm³/mol. The lowest BCUT2D eigenvalue weighted by Crippen LogP contribution is -2.24. The van der Waals surface area contributed by atoms with Crippen molar-refractivity contribution in [1.29, 1.82) is 0 Å². The van der Waals surface area contributed by atoms with E-state index in [1.807, 2.05) is 0 Å². The molecule has 0 atom stereocenters. The predicted octanol–water partition coefficient (Wildman–Crippen LogP) is 1.15. The van der Waals surface area contributed by atoms with Crippen LogP contribution in [0.15, 0.2) is 18.2 Å². The number of rotatable bonds is 8. The highest BCUT2D eigenvalue weighted by molar-refractivity contribution is 7.88. The summed E-state index contributed by atoms with van der Waals surface area (Å²) in [6, 6.07) is 4.00. The second kappa shape index (κ2) is 7.14. The molecule has 0 radical (unpaired) electrons. The molecule has 0 heterocycles. The third-order valence-electron chi connectivity index (χ3n) is 2.63. The molecule has 8 nitrogen and oxygen atoms in total. The van der Waals surface area contributed by atoms with Crippen LogP contribution in [-0.4, -0.2) is 38.5 Å². The summed E-state index contributed by atoms with van der Waals surface area (Å²) in [5.41, 5.74) is 0.581. The van der Waals surface area contributed by atoms with E-state index < -0.39 is 14.9 Å². The number of hydrogen-bond acceptors (Lipinski definition) is 6. The Bertz CT molecular complexity index is 642. The summed E-state index contributed by atoms with van der Waals surface area (Å²) in [7, 11) is -3.21. The summed E-state index contributed by atoms with van der Waals surface area (Å²) in [5.74, 6) is -0.282. The Balaban J connectivity index is 2.66. The summed E-state index contributed by atoms with van der Waals surface area (Å²) >= 11 is 0. The second-order valence-corrected chi connectivity index (χ2v) is 6.32. The van der Waals surface area contributed by atoms with Gasteiger partial charge in [0.25, 0.3) is 5.69 Å². The lowest BCUT2D eigenvalue weighted by molar-refractivity contribution is -0.384. The van der Waals surface area contributed by atoms with Gasteiger partial charge in [-0.1, -0.05) is 0 Å². The van der Waals surface area contributed by atoms with Crippen molar-refractivity contribution in [2.24, 2.45) is 0 Å². The van der Waals surface area contributed by atoms with Gasteiger partial charge >= 0.3 is 0 Å². The van der Waals surface area contributed by atoms with Crippen LogP contribution in [0.5, 0.6) is 0 Å². The number of nitro benzene ring substituents is 1. The molecule has 0 spiro atoms. The van der Waals surface area contributed by atoms with E-state index >= 15 is 0 Å². The molecule has 9 heteroatoms. The Morgan fingerprint density at radius 1 is 1.33 bits per heavy atom. The monoisotopic (exact) mass is 315 g/mol. The lowest BCUT2D eigenvalue weighted by atomic mass is 10.1. The molecule has 21 heavy (non-hydrogen) atoms. The highest BCUT2D eigenvalue weighted by Crippen LogP contribution is 2.22. The van der Waals surface area contributed by atoms with E-state index in [4.69, 9.17) is 0 Å². The van der Waals surface area contributed by atoms with Gasteiger partial charge in [-0.25, -0.2) is 13.1 Å². The molecule has 1 aromatic rings. The zero-order valence-corrected chi connectivity index (χ0v) is 12.6. The van der Waals surface area contributed by atoms with Gasteiger partial charge in [-0.15, -0.1) is 0 Å². The van der Waals surface area contributed by atoms with Gasteiger partial charge in [0.15, 0.2) is 5.78 Å². The number of carbonyl (C=O) groups excluding carboxylic acids is 1. The van der Waals surface area contributed by atoms with Crippen molar-refractivity contribution >= 4 is 27.2 Å². The number of benzene rings is 1. The average Bonchev–Trinajstić information content (AvgIpc) is 2.36. The number of nitrogens with one attached hydrogen (secondary N) is 2. The van der Waals surface area contributed by atoms with Crippen LogP contribution in [0.4, 0.5) is 11.4 Å². The lowest BCUT2D eigenvalue weighted by Gasteiger charge is -2.10. The average molecular weight is 315 g/mol. The van der Waals surface area contributed by atoms with Crippen molar-refractivity contribution in [2.75, 3.05) is 24.7 Å². The minimum Gasteiger partial charge on any atom is -0.384 e. The van der Waals surface area contributed by atoms with E-state index in [0.717, 1.165) is 6.26 Å². The SMILES string of the molecule is CC(=O)c1cc([N+](=O)[O-])ccc1NCCCNS(C)(=O)=O. The quantitative estimate of drug-likeness (QED) is 0.321. The minimum absolute atomic E-state index is 0.149. The number of anilines is 1. The van der Waals surface area contributed by atoms with Gasteiger partial charge in [0.1, 0.15) is 0 Å².